The van der Waals surface area contributed by atoms with Crippen LogP contribution in [0.5, 0.6) is 0 Å². The Bertz CT molecular complexity index is 906. The minimum Gasteiger partial charge on any atom is -0.452 e. The maximum absolute atomic E-state index is 12.3. The molecule has 0 aromatic heterocycles. The van der Waals surface area contributed by atoms with Gasteiger partial charge in [0, 0.05) is 24.3 Å². The number of para-hydroxylation sites is 1. The summed E-state index contributed by atoms with van der Waals surface area (Å²) in [4.78, 5) is 38.2. The third-order valence-corrected chi connectivity index (χ3v) is 5.08. The molecule has 29 heavy (non-hydrogen) atoms. The number of ether oxygens (including phenoxy) is 1. The molecule has 0 aliphatic carbocycles. The predicted octanol–water partition coefficient (Wildman–Crippen LogP) is 3.87. The second-order valence-electron chi connectivity index (χ2n) is 7.14. The lowest BCUT2D eigenvalue weighted by atomic mass is 10.1. The lowest BCUT2D eigenvalue weighted by Crippen LogP contribution is -2.35. The summed E-state index contributed by atoms with van der Waals surface area (Å²) in [5, 5.41) is 2.83. The van der Waals surface area contributed by atoms with Gasteiger partial charge in [0.2, 0.25) is 5.91 Å². The molecule has 0 radical (unpaired) electrons. The second kappa shape index (κ2) is 9.37. The number of amides is 2. The first-order chi connectivity index (χ1) is 14.0. The van der Waals surface area contributed by atoms with Crippen molar-refractivity contribution in [1.29, 1.82) is 0 Å². The van der Waals surface area contributed by atoms with Crippen LogP contribution in [0.15, 0.2) is 42.5 Å². The molecule has 3 rings (SSSR count). The van der Waals surface area contributed by atoms with Crippen LogP contribution in [-0.2, 0) is 20.7 Å². The van der Waals surface area contributed by atoms with Gasteiger partial charge in [0.05, 0.1) is 5.56 Å². The standard InChI is InChI=1S/C23H26N2O4/c1-3-17-8-6-7-16(2)22(17)24-20(26)15-29-23(28)18-10-12-19(13-11-18)25-14-5-4-9-21(25)27/h6-8,10-13H,3-5,9,14-15H2,1-2H3,(H,24,26). The summed E-state index contributed by atoms with van der Waals surface area (Å²) >= 11 is 0. The summed E-state index contributed by atoms with van der Waals surface area (Å²) in [7, 11) is 0. The van der Waals surface area contributed by atoms with Crippen molar-refractivity contribution < 1.29 is 19.1 Å². The van der Waals surface area contributed by atoms with Crippen LogP contribution in [0.25, 0.3) is 0 Å². The Morgan fingerprint density at radius 1 is 1.10 bits per heavy atom. The van der Waals surface area contributed by atoms with Crippen LogP contribution < -0.4 is 10.2 Å². The van der Waals surface area contributed by atoms with Gasteiger partial charge in [-0.1, -0.05) is 25.1 Å². The average molecular weight is 394 g/mol. The van der Waals surface area contributed by atoms with Crippen LogP contribution in [0.4, 0.5) is 11.4 Å². The van der Waals surface area contributed by atoms with Gasteiger partial charge in [-0.05, 0) is 61.6 Å². The molecular formula is C23H26N2O4. The van der Waals surface area contributed by atoms with E-state index in [1.807, 2.05) is 32.0 Å². The fourth-order valence-electron chi connectivity index (χ4n) is 3.45. The van der Waals surface area contributed by atoms with E-state index in [1.54, 1.807) is 29.2 Å². The van der Waals surface area contributed by atoms with E-state index < -0.39 is 5.97 Å². The topological polar surface area (TPSA) is 75.7 Å². The number of nitrogens with one attached hydrogen (secondary N) is 1. The van der Waals surface area contributed by atoms with Crippen molar-refractivity contribution in [3.8, 4) is 0 Å². The maximum atomic E-state index is 12.3. The van der Waals surface area contributed by atoms with Crippen molar-refractivity contribution in [1.82, 2.24) is 0 Å². The molecule has 1 fully saturated rings. The molecule has 152 valence electrons. The Labute approximate surface area is 170 Å². The van der Waals surface area contributed by atoms with E-state index in [2.05, 4.69) is 5.32 Å². The average Bonchev–Trinajstić information content (AvgIpc) is 2.74. The highest BCUT2D eigenvalue weighted by atomic mass is 16.5. The van der Waals surface area contributed by atoms with E-state index in [-0.39, 0.29) is 18.4 Å². The second-order valence-corrected chi connectivity index (χ2v) is 7.14. The van der Waals surface area contributed by atoms with Gasteiger partial charge in [0.1, 0.15) is 0 Å². The number of carbonyl (C=O) groups excluding carboxylic acids is 3. The lowest BCUT2D eigenvalue weighted by Gasteiger charge is -2.26. The number of esters is 1. The van der Waals surface area contributed by atoms with Crippen LogP contribution in [-0.4, -0.2) is 30.9 Å². The Hall–Kier alpha value is -3.15. The van der Waals surface area contributed by atoms with Gasteiger partial charge in [-0.3, -0.25) is 9.59 Å². The number of piperidine rings is 1. The van der Waals surface area contributed by atoms with E-state index in [0.717, 1.165) is 41.8 Å². The molecule has 1 aliphatic heterocycles. The summed E-state index contributed by atoms with van der Waals surface area (Å²) in [6, 6.07) is 12.5. The third-order valence-electron chi connectivity index (χ3n) is 5.08. The quantitative estimate of drug-likeness (QED) is 0.755. The largest absolute Gasteiger partial charge is 0.452 e. The summed E-state index contributed by atoms with van der Waals surface area (Å²) < 4.78 is 5.15. The van der Waals surface area contributed by atoms with Gasteiger partial charge in [0.25, 0.3) is 5.91 Å². The minimum atomic E-state index is -0.572. The molecule has 1 aliphatic rings. The van der Waals surface area contributed by atoms with Gasteiger partial charge in [-0.2, -0.15) is 0 Å². The number of carbonyl (C=O) groups is 3. The van der Waals surface area contributed by atoms with Crippen molar-refractivity contribution in [3.05, 3.63) is 59.2 Å². The number of anilines is 2. The van der Waals surface area contributed by atoms with Crippen LogP contribution in [0.2, 0.25) is 0 Å². The van der Waals surface area contributed by atoms with Gasteiger partial charge >= 0.3 is 5.97 Å². The Kier molecular flexibility index (Phi) is 6.65. The van der Waals surface area contributed by atoms with E-state index in [9.17, 15) is 14.4 Å². The normalized spacial score (nSPS) is 13.9. The van der Waals surface area contributed by atoms with Crippen molar-refractivity contribution in [2.75, 3.05) is 23.4 Å². The molecule has 1 heterocycles. The predicted molar refractivity (Wildman–Crippen MR) is 112 cm³/mol. The number of rotatable bonds is 6. The number of aryl methyl sites for hydroxylation is 2. The zero-order chi connectivity index (χ0) is 20.8. The number of hydrogen-bond donors (Lipinski definition) is 1. The lowest BCUT2D eigenvalue weighted by molar-refractivity contribution is -0.120. The first kappa shape index (κ1) is 20.6. The summed E-state index contributed by atoms with van der Waals surface area (Å²) in [6.45, 7) is 4.28. The zero-order valence-electron chi connectivity index (χ0n) is 16.9. The molecule has 6 nitrogen and oxygen atoms in total. The molecule has 0 bridgehead atoms. The van der Waals surface area contributed by atoms with E-state index in [0.29, 0.717) is 18.5 Å². The summed E-state index contributed by atoms with van der Waals surface area (Å²) in [6.07, 6.45) is 3.25. The fourth-order valence-corrected chi connectivity index (χ4v) is 3.45. The maximum Gasteiger partial charge on any atom is 0.338 e. The monoisotopic (exact) mass is 394 g/mol. The Morgan fingerprint density at radius 2 is 1.86 bits per heavy atom. The fraction of sp³-hybridized carbons (Fsp3) is 0.348. The van der Waals surface area contributed by atoms with E-state index in [4.69, 9.17) is 4.74 Å². The van der Waals surface area contributed by atoms with E-state index in [1.165, 1.54) is 0 Å². The molecule has 1 saturated heterocycles. The molecule has 0 saturated carbocycles. The van der Waals surface area contributed by atoms with Crippen molar-refractivity contribution >= 4 is 29.2 Å². The SMILES string of the molecule is CCc1cccc(C)c1NC(=O)COC(=O)c1ccc(N2CCCCC2=O)cc1. The highest BCUT2D eigenvalue weighted by molar-refractivity contribution is 5.97. The number of nitrogens with zero attached hydrogens (tertiary/aromatic N) is 1. The molecule has 6 heteroatoms. The van der Waals surface area contributed by atoms with Crippen LogP contribution in [0.3, 0.4) is 0 Å². The minimum absolute atomic E-state index is 0.103. The molecular weight excluding hydrogens is 368 g/mol. The molecule has 0 spiro atoms. The van der Waals surface area contributed by atoms with Gasteiger partial charge in [0.15, 0.2) is 6.61 Å². The van der Waals surface area contributed by atoms with Crippen molar-refractivity contribution in [2.24, 2.45) is 0 Å². The molecule has 2 amide bonds. The summed E-state index contributed by atoms with van der Waals surface area (Å²) in [5.41, 5.74) is 3.89. The molecule has 2 aromatic carbocycles. The zero-order valence-corrected chi connectivity index (χ0v) is 16.9. The van der Waals surface area contributed by atoms with Gasteiger partial charge in [-0.25, -0.2) is 4.79 Å². The highest BCUT2D eigenvalue weighted by Crippen LogP contribution is 2.22. The highest BCUT2D eigenvalue weighted by Gasteiger charge is 2.20. The Balaban J connectivity index is 1.57. The Morgan fingerprint density at radius 3 is 2.55 bits per heavy atom. The van der Waals surface area contributed by atoms with Crippen molar-refractivity contribution in [3.63, 3.8) is 0 Å². The van der Waals surface area contributed by atoms with Crippen LogP contribution >= 0.6 is 0 Å². The molecule has 0 unspecified atom stereocenters. The third kappa shape index (κ3) is 5.02. The van der Waals surface area contributed by atoms with Crippen LogP contribution in [0, 0.1) is 6.92 Å². The summed E-state index contributed by atoms with van der Waals surface area (Å²) in [5.74, 6) is -0.846. The number of benzene rings is 2. The van der Waals surface area contributed by atoms with E-state index >= 15 is 0 Å². The van der Waals surface area contributed by atoms with Gasteiger partial charge in [-0.15, -0.1) is 0 Å². The van der Waals surface area contributed by atoms with Gasteiger partial charge < -0.3 is 15.0 Å². The first-order valence-electron chi connectivity index (χ1n) is 9.95. The first-order valence-corrected chi connectivity index (χ1v) is 9.95. The van der Waals surface area contributed by atoms with Crippen molar-refractivity contribution in [2.45, 2.75) is 39.5 Å². The molecule has 0 atom stereocenters. The molecule has 2 aromatic rings. The smallest absolute Gasteiger partial charge is 0.338 e. The number of hydrogen-bond acceptors (Lipinski definition) is 4. The molecule has 1 N–H and O–H groups in total. The van der Waals surface area contributed by atoms with Crippen LogP contribution in [0.1, 0.15) is 47.7 Å².